The Morgan fingerprint density at radius 1 is 1.35 bits per heavy atom. The highest BCUT2D eigenvalue weighted by molar-refractivity contribution is 7.89. The molecule has 0 unspecified atom stereocenters. The number of nitrogens with two attached hydrogens (primary N) is 1. The molecule has 0 spiro atoms. The zero-order chi connectivity index (χ0) is 15.0. The summed E-state index contributed by atoms with van der Waals surface area (Å²) in [4.78, 5) is -0.111. The van der Waals surface area contributed by atoms with E-state index in [2.05, 4.69) is 11.6 Å². The van der Waals surface area contributed by atoms with Crippen LogP contribution < -0.4 is 10.5 Å². The van der Waals surface area contributed by atoms with Crippen molar-refractivity contribution in [2.45, 2.75) is 44.4 Å². The SMILES string of the molecule is Cc1c(N)cc(S(=O)(=O)NCC2(C)CCCC2)cc1F. The van der Waals surface area contributed by atoms with Gasteiger partial charge in [0.2, 0.25) is 10.0 Å². The second kappa shape index (κ2) is 5.33. The van der Waals surface area contributed by atoms with Gasteiger partial charge < -0.3 is 5.73 Å². The summed E-state index contributed by atoms with van der Waals surface area (Å²) in [6, 6.07) is 2.32. The number of sulfonamides is 1. The number of hydrogen-bond donors (Lipinski definition) is 2. The number of anilines is 1. The predicted octanol–water partition coefficient (Wildman–Crippen LogP) is 2.57. The van der Waals surface area contributed by atoms with Crippen LogP contribution in [0, 0.1) is 18.2 Å². The van der Waals surface area contributed by atoms with E-state index in [-0.39, 0.29) is 21.6 Å². The number of rotatable bonds is 4. The Kier molecular flexibility index (Phi) is 4.07. The third-order valence-corrected chi connectivity index (χ3v) is 5.55. The van der Waals surface area contributed by atoms with Crippen molar-refractivity contribution < 1.29 is 12.8 Å². The van der Waals surface area contributed by atoms with Gasteiger partial charge in [-0.05, 0) is 37.3 Å². The van der Waals surface area contributed by atoms with Crippen molar-refractivity contribution in [3.05, 3.63) is 23.5 Å². The van der Waals surface area contributed by atoms with E-state index in [1.54, 1.807) is 0 Å². The van der Waals surface area contributed by atoms with Crippen molar-refractivity contribution in [3.8, 4) is 0 Å². The van der Waals surface area contributed by atoms with Gasteiger partial charge in [0.25, 0.3) is 0 Å². The van der Waals surface area contributed by atoms with E-state index in [1.807, 2.05) is 0 Å². The largest absolute Gasteiger partial charge is 0.398 e. The summed E-state index contributed by atoms with van der Waals surface area (Å²) in [5, 5.41) is 0. The molecule has 1 saturated carbocycles. The topological polar surface area (TPSA) is 72.2 Å². The third kappa shape index (κ3) is 3.12. The van der Waals surface area contributed by atoms with E-state index >= 15 is 0 Å². The molecule has 112 valence electrons. The van der Waals surface area contributed by atoms with Crippen molar-refractivity contribution >= 4 is 15.7 Å². The maximum Gasteiger partial charge on any atom is 0.240 e. The molecule has 0 aromatic heterocycles. The van der Waals surface area contributed by atoms with Crippen LogP contribution in [-0.4, -0.2) is 15.0 Å². The fraction of sp³-hybridized carbons (Fsp3) is 0.571. The summed E-state index contributed by atoms with van der Waals surface area (Å²) in [5.41, 5.74) is 6.05. The number of nitrogen functional groups attached to an aromatic ring is 1. The number of nitrogens with one attached hydrogen (secondary N) is 1. The zero-order valence-electron chi connectivity index (χ0n) is 11.9. The van der Waals surface area contributed by atoms with E-state index in [0.29, 0.717) is 6.54 Å². The lowest BCUT2D eigenvalue weighted by molar-refractivity contribution is 0.336. The molecule has 3 N–H and O–H groups in total. The normalized spacial score (nSPS) is 18.4. The quantitative estimate of drug-likeness (QED) is 0.839. The first-order valence-electron chi connectivity index (χ1n) is 6.79. The molecule has 0 aliphatic heterocycles. The molecule has 4 nitrogen and oxygen atoms in total. The summed E-state index contributed by atoms with van der Waals surface area (Å²) < 4.78 is 40.6. The Morgan fingerprint density at radius 2 is 1.95 bits per heavy atom. The van der Waals surface area contributed by atoms with Crippen molar-refractivity contribution in [1.29, 1.82) is 0 Å². The van der Waals surface area contributed by atoms with Gasteiger partial charge in [0.1, 0.15) is 5.82 Å². The molecule has 20 heavy (non-hydrogen) atoms. The lowest BCUT2D eigenvalue weighted by atomic mass is 9.89. The molecule has 1 aliphatic carbocycles. The van der Waals surface area contributed by atoms with Crippen LogP contribution in [0.25, 0.3) is 0 Å². The standard InChI is InChI=1S/C14H21FN2O2S/c1-10-12(15)7-11(8-13(10)16)20(18,19)17-9-14(2)5-3-4-6-14/h7-8,17H,3-6,9,16H2,1-2H3. The van der Waals surface area contributed by atoms with Gasteiger partial charge in [-0.25, -0.2) is 17.5 Å². The maximum atomic E-state index is 13.6. The van der Waals surface area contributed by atoms with Gasteiger partial charge >= 0.3 is 0 Å². The van der Waals surface area contributed by atoms with Gasteiger partial charge in [0.15, 0.2) is 0 Å². The number of hydrogen-bond acceptors (Lipinski definition) is 3. The minimum absolute atomic E-state index is 0.00184. The highest BCUT2D eigenvalue weighted by Crippen LogP contribution is 2.37. The van der Waals surface area contributed by atoms with E-state index in [4.69, 9.17) is 5.73 Å². The maximum absolute atomic E-state index is 13.6. The number of halogens is 1. The average Bonchev–Trinajstić information content (AvgIpc) is 2.81. The molecule has 0 heterocycles. The second-order valence-electron chi connectivity index (χ2n) is 5.96. The fourth-order valence-electron chi connectivity index (χ4n) is 2.59. The third-order valence-electron chi connectivity index (χ3n) is 4.17. The van der Waals surface area contributed by atoms with Crippen molar-refractivity contribution in [1.82, 2.24) is 4.72 Å². The Morgan fingerprint density at radius 3 is 2.50 bits per heavy atom. The van der Waals surface area contributed by atoms with Crippen LogP contribution in [0.3, 0.4) is 0 Å². The van der Waals surface area contributed by atoms with Crippen LogP contribution in [0.2, 0.25) is 0 Å². The highest BCUT2D eigenvalue weighted by Gasteiger charge is 2.30. The van der Waals surface area contributed by atoms with Gasteiger partial charge in [0, 0.05) is 17.8 Å². The summed E-state index contributed by atoms with van der Waals surface area (Å²) >= 11 is 0. The summed E-state index contributed by atoms with van der Waals surface area (Å²) in [5.74, 6) is -0.600. The molecule has 0 radical (unpaired) electrons. The Labute approximate surface area is 119 Å². The number of benzene rings is 1. The van der Waals surface area contributed by atoms with E-state index < -0.39 is 15.8 Å². The summed E-state index contributed by atoms with van der Waals surface area (Å²) in [6.45, 7) is 3.98. The summed E-state index contributed by atoms with van der Waals surface area (Å²) in [7, 11) is -3.72. The molecule has 2 rings (SSSR count). The van der Waals surface area contributed by atoms with Crippen molar-refractivity contribution in [3.63, 3.8) is 0 Å². The van der Waals surface area contributed by atoms with Crippen LogP contribution in [-0.2, 0) is 10.0 Å². The molecule has 0 bridgehead atoms. The Bertz CT molecular complexity index is 585. The molecule has 1 aliphatic rings. The average molecular weight is 300 g/mol. The Hall–Kier alpha value is -1.14. The first-order chi connectivity index (χ1) is 9.23. The molecular weight excluding hydrogens is 279 g/mol. The molecule has 6 heteroatoms. The zero-order valence-corrected chi connectivity index (χ0v) is 12.7. The smallest absolute Gasteiger partial charge is 0.240 e. The molecular formula is C14H21FN2O2S. The van der Waals surface area contributed by atoms with E-state index in [0.717, 1.165) is 31.7 Å². The molecule has 1 aromatic rings. The first kappa shape index (κ1) is 15.3. The van der Waals surface area contributed by atoms with Gasteiger partial charge in [-0.15, -0.1) is 0 Å². The molecule has 0 atom stereocenters. The van der Waals surface area contributed by atoms with Crippen LogP contribution >= 0.6 is 0 Å². The fourth-order valence-corrected chi connectivity index (χ4v) is 3.83. The molecule has 1 fully saturated rings. The monoisotopic (exact) mass is 300 g/mol. The highest BCUT2D eigenvalue weighted by atomic mass is 32.2. The van der Waals surface area contributed by atoms with Crippen LogP contribution in [0.1, 0.15) is 38.2 Å². The van der Waals surface area contributed by atoms with Gasteiger partial charge in [-0.3, -0.25) is 0 Å². The van der Waals surface area contributed by atoms with Crippen LogP contribution in [0.4, 0.5) is 10.1 Å². The van der Waals surface area contributed by atoms with E-state index in [1.165, 1.54) is 13.0 Å². The molecule has 0 amide bonds. The minimum Gasteiger partial charge on any atom is -0.398 e. The predicted molar refractivity (Wildman–Crippen MR) is 77.3 cm³/mol. The summed E-state index contributed by atoms with van der Waals surface area (Å²) in [6.07, 6.45) is 4.29. The van der Waals surface area contributed by atoms with Crippen LogP contribution in [0.15, 0.2) is 17.0 Å². The van der Waals surface area contributed by atoms with Crippen molar-refractivity contribution in [2.75, 3.05) is 12.3 Å². The Balaban J connectivity index is 2.18. The van der Waals surface area contributed by atoms with Gasteiger partial charge in [-0.1, -0.05) is 19.8 Å². The van der Waals surface area contributed by atoms with Gasteiger partial charge in [-0.2, -0.15) is 0 Å². The second-order valence-corrected chi connectivity index (χ2v) is 7.73. The van der Waals surface area contributed by atoms with Crippen molar-refractivity contribution in [2.24, 2.45) is 5.41 Å². The molecule has 1 aromatic carbocycles. The van der Waals surface area contributed by atoms with Crippen LogP contribution in [0.5, 0.6) is 0 Å². The lowest BCUT2D eigenvalue weighted by Crippen LogP contribution is -2.34. The lowest BCUT2D eigenvalue weighted by Gasteiger charge is -2.23. The first-order valence-corrected chi connectivity index (χ1v) is 8.27. The van der Waals surface area contributed by atoms with Gasteiger partial charge in [0.05, 0.1) is 4.90 Å². The molecule has 0 saturated heterocycles. The van der Waals surface area contributed by atoms with E-state index in [9.17, 15) is 12.8 Å². The minimum atomic E-state index is -3.72.